The number of thioether (sulfide) groups is 1. The predicted molar refractivity (Wildman–Crippen MR) is 87.5 cm³/mol. The van der Waals surface area contributed by atoms with E-state index in [0.717, 1.165) is 11.4 Å². The van der Waals surface area contributed by atoms with Gasteiger partial charge in [0.2, 0.25) is 0 Å². The molecule has 1 aliphatic heterocycles. The molecule has 3 rings (SSSR count). The molecule has 0 amide bonds. The summed E-state index contributed by atoms with van der Waals surface area (Å²) < 4.78 is 0. The summed E-state index contributed by atoms with van der Waals surface area (Å²) in [7, 11) is 8.50. The van der Waals surface area contributed by atoms with Crippen molar-refractivity contribution >= 4 is 28.8 Å². The number of fused-ring (bicyclic) bond motifs is 2. The summed E-state index contributed by atoms with van der Waals surface area (Å²) in [5.74, 6) is 0. The zero-order valence-electron chi connectivity index (χ0n) is 12.3. The van der Waals surface area contributed by atoms with Gasteiger partial charge < -0.3 is 9.80 Å². The Morgan fingerprint density at radius 3 is 2.75 bits per heavy atom. The number of anilines is 1. The third kappa shape index (κ3) is 2.41. The van der Waals surface area contributed by atoms with Crippen LogP contribution in [0.4, 0.5) is 11.4 Å². The number of allylic oxidation sites excluding steroid dienone is 2. The molecule has 1 atom stereocenters. The van der Waals surface area contributed by atoms with Gasteiger partial charge in [-0.2, -0.15) is 0 Å². The van der Waals surface area contributed by atoms with Crippen molar-refractivity contribution in [2.75, 3.05) is 33.1 Å². The van der Waals surface area contributed by atoms with Crippen molar-refractivity contribution in [3.8, 4) is 0 Å². The first-order valence-corrected chi connectivity index (χ1v) is 7.64. The minimum atomic E-state index is 0.440. The van der Waals surface area contributed by atoms with Crippen molar-refractivity contribution in [3.05, 3.63) is 41.3 Å². The minimum absolute atomic E-state index is 0.440. The van der Waals surface area contributed by atoms with Gasteiger partial charge in [0.1, 0.15) is 6.04 Å². The summed E-state index contributed by atoms with van der Waals surface area (Å²) in [5.41, 5.74) is 3.39. The Bertz CT molecular complexity index is 627. The van der Waals surface area contributed by atoms with Crippen molar-refractivity contribution in [2.24, 2.45) is 4.99 Å². The number of quaternary nitrogens is 1. The Labute approximate surface area is 124 Å². The van der Waals surface area contributed by atoms with E-state index in [1.54, 1.807) is 0 Å². The molecule has 1 aromatic carbocycles. The minimum Gasteiger partial charge on any atom is -0.378 e. The van der Waals surface area contributed by atoms with Crippen LogP contribution in [0.25, 0.3) is 0 Å². The molecule has 4 heteroatoms. The van der Waals surface area contributed by atoms with Gasteiger partial charge in [-0.05, 0) is 36.4 Å². The van der Waals surface area contributed by atoms with Gasteiger partial charge in [0.15, 0.2) is 0 Å². The summed E-state index contributed by atoms with van der Waals surface area (Å²) in [6, 6.07) is 6.89. The van der Waals surface area contributed by atoms with E-state index in [1.165, 1.54) is 20.4 Å². The molecule has 0 bridgehead atoms. The van der Waals surface area contributed by atoms with Crippen molar-refractivity contribution in [1.29, 1.82) is 0 Å². The molecule has 0 saturated carbocycles. The molecule has 0 saturated heterocycles. The average molecular weight is 286 g/mol. The van der Waals surface area contributed by atoms with Crippen LogP contribution in [0.5, 0.6) is 0 Å². The van der Waals surface area contributed by atoms with Gasteiger partial charge in [0.05, 0.1) is 25.5 Å². The molecule has 1 unspecified atom stereocenters. The Kier molecular flexibility index (Phi) is 3.44. The summed E-state index contributed by atoms with van der Waals surface area (Å²) in [6.07, 6.45) is 6.71. The van der Waals surface area contributed by atoms with E-state index in [0.29, 0.717) is 6.04 Å². The normalized spacial score (nSPS) is 20.1. The van der Waals surface area contributed by atoms with Crippen molar-refractivity contribution in [1.82, 2.24) is 0 Å². The predicted octanol–water partition coefficient (Wildman–Crippen LogP) is 1.90. The van der Waals surface area contributed by atoms with E-state index in [1.807, 2.05) is 11.8 Å². The van der Waals surface area contributed by atoms with Crippen LogP contribution < -0.4 is 9.80 Å². The molecule has 104 valence electrons. The SMILES string of the molecule is CN(C)c1ccc2c(c1)SC1=CC([NH+](C)C)C=CC1=N2. The summed E-state index contributed by atoms with van der Waals surface area (Å²) >= 11 is 1.83. The molecular formula is C16H20N3S+. The average Bonchev–Trinajstić information content (AvgIpc) is 2.43. The van der Waals surface area contributed by atoms with Crippen LogP contribution in [-0.4, -0.2) is 39.9 Å². The topological polar surface area (TPSA) is 20.0 Å². The number of hydrogen-bond acceptors (Lipinski definition) is 3. The van der Waals surface area contributed by atoms with Crippen molar-refractivity contribution in [2.45, 2.75) is 10.9 Å². The van der Waals surface area contributed by atoms with Crippen LogP contribution in [0.3, 0.4) is 0 Å². The van der Waals surface area contributed by atoms with E-state index in [9.17, 15) is 0 Å². The third-order valence-corrected chi connectivity index (χ3v) is 4.74. The third-order valence-electron chi connectivity index (χ3n) is 3.63. The maximum atomic E-state index is 4.77. The molecule has 0 fully saturated rings. The second kappa shape index (κ2) is 5.11. The van der Waals surface area contributed by atoms with E-state index in [-0.39, 0.29) is 0 Å². The number of hydrogen-bond donors (Lipinski definition) is 1. The van der Waals surface area contributed by atoms with Gasteiger partial charge >= 0.3 is 0 Å². The quantitative estimate of drug-likeness (QED) is 0.896. The van der Waals surface area contributed by atoms with Crippen LogP contribution in [0.1, 0.15) is 0 Å². The standard InChI is InChI=1S/C16H19N3S/c1-18(2)11-5-7-13-15(9-11)20-16-10-12(19(3)4)6-8-14(16)17-13/h5-11H,1-4H3/p+1. The van der Waals surface area contributed by atoms with Gasteiger partial charge in [0.25, 0.3) is 0 Å². The van der Waals surface area contributed by atoms with Gasteiger partial charge in [0, 0.05) is 29.6 Å². The zero-order valence-corrected chi connectivity index (χ0v) is 13.2. The summed E-state index contributed by atoms with van der Waals surface area (Å²) in [4.78, 5) is 10.8. The first-order valence-electron chi connectivity index (χ1n) is 6.83. The fraction of sp³-hybridized carbons (Fsp3) is 0.312. The van der Waals surface area contributed by atoms with E-state index >= 15 is 0 Å². The number of benzene rings is 1. The highest BCUT2D eigenvalue weighted by Gasteiger charge is 2.23. The highest BCUT2D eigenvalue weighted by atomic mass is 32.2. The first-order chi connectivity index (χ1) is 9.54. The smallest absolute Gasteiger partial charge is 0.126 e. The highest BCUT2D eigenvalue weighted by molar-refractivity contribution is 8.04. The van der Waals surface area contributed by atoms with E-state index in [4.69, 9.17) is 4.99 Å². The molecule has 1 aliphatic carbocycles. The van der Waals surface area contributed by atoms with Gasteiger partial charge in [-0.15, -0.1) is 0 Å². The van der Waals surface area contributed by atoms with Crippen LogP contribution in [0.2, 0.25) is 0 Å². The fourth-order valence-electron chi connectivity index (χ4n) is 2.32. The maximum absolute atomic E-state index is 4.77. The Morgan fingerprint density at radius 1 is 1.25 bits per heavy atom. The molecule has 1 N–H and O–H groups in total. The van der Waals surface area contributed by atoms with Gasteiger partial charge in [-0.3, -0.25) is 0 Å². The zero-order chi connectivity index (χ0) is 14.3. The second-order valence-corrected chi connectivity index (χ2v) is 6.72. The van der Waals surface area contributed by atoms with Crippen LogP contribution >= 0.6 is 11.8 Å². The van der Waals surface area contributed by atoms with E-state index < -0.39 is 0 Å². The lowest BCUT2D eigenvalue weighted by atomic mass is 10.1. The molecule has 1 aromatic rings. The molecule has 20 heavy (non-hydrogen) atoms. The maximum Gasteiger partial charge on any atom is 0.126 e. The lowest BCUT2D eigenvalue weighted by Gasteiger charge is -2.24. The van der Waals surface area contributed by atoms with Crippen molar-refractivity contribution < 1.29 is 4.90 Å². The van der Waals surface area contributed by atoms with E-state index in [2.05, 4.69) is 69.5 Å². The molecular weight excluding hydrogens is 266 g/mol. The van der Waals surface area contributed by atoms with Crippen LogP contribution in [-0.2, 0) is 0 Å². The molecule has 0 aromatic heterocycles. The number of aliphatic imine (C=N–C) groups is 1. The molecule has 3 nitrogen and oxygen atoms in total. The van der Waals surface area contributed by atoms with Crippen LogP contribution in [0.15, 0.2) is 51.2 Å². The first kappa shape index (κ1) is 13.5. The Morgan fingerprint density at radius 2 is 2.05 bits per heavy atom. The number of rotatable bonds is 2. The Hall–Kier alpha value is -1.52. The van der Waals surface area contributed by atoms with Crippen LogP contribution in [0, 0.1) is 0 Å². The number of nitrogens with zero attached hydrogens (tertiary/aromatic N) is 2. The second-order valence-electron chi connectivity index (χ2n) is 5.64. The van der Waals surface area contributed by atoms with Gasteiger partial charge in [-0.25, -0.2) is 4.99 Å². The monoisotopic (exact) mass is 286 g/mol. The van der Waals surface area contributed by atoms with Crippen molar-refractivity contribution in [3.63, 3.8) is 0 Å². The summed E-state index contributed by atoms with van der Waals surface area (Å²) in [5, 5.41) is 0. The number of likely N-dealkylation sites (N-methyl/N-ethyl adjacent to an activating group) is 1. The lowest BCUT2D eigenvalue weighted by Crippen LogP contribution is -3.09. The Balaban J connectivity index is 1.99. The molecule has 0 spiro atoms. The summed E-state index contributed by atoms with van der Waals surface area (Å²) in [6.45, 7) is 0. The fourth-order valence-corrected chi connectivity index (χ4v) is 3.39. The lowest BCUT2D eigenvalue weighted by molar-refractivity contribution is -0.871. The molecule has 2 aliphatic rings. The number of nitrogens with one attached hydrogen (secondary N) is 1. The molecule has 1 heterocycles. The molecule has 0 radical (unpaired) electrons. The largest absolute Gasteiger partial charge is 0.378 e. The highest BCUT2D eigenvalue weighted by Crippen LogP contribution is 2.42. The van der Waals surface area contributed by atoms with Gasteiger partial charge in [-0.1, -0.05) is 11.8 Å².